The molecule has 1 unspecified atom stereocenters. The molecule has 5 rings (SSSR count). The minimum atomic E-state index is -0.473. The van der Waals surface area contributed by atoms with Gasteiger partial charge in [0.25, 0.3) is 11.8 Å². The Bertz CT molecular complexity index is 1840. The quantitative estimate of drug-likeness (QED) is 0.0947. The van der Waals surface area contributed by atoms with Crippen molar-refractivity contribution in [3.8, 4) is 11.3 Å². The number of benzene rings is 3. The highest BCUT2D eigenvalue weighted by Gasteiger charge is 2.21. The van der Waals surface area contributed by atoms with Gasteiger partial charge in [0, 0.05) is 27.1 Å². The van der Waals surface area contributed by atoms with Crippen LogP contribution in [0.1, 0.15) is 29.3 Å². The summed E-state index contributed by atoms with van der Waals surface area (Å²) in [6, 6.07) is 23.1. The van der Waals surface area contributed by atoms with Gasteiger partial charge in [0.05, 0.1) is 21.0 Å². The second-order valence-electron chi connectivity index (χ2n) is 9.59. The van der Waals surface area contributed by atoms with Gasteiger partial charge in [-0.2, -0.15) is 11.3 Å². The van der Waals surface area contributed by atoms with Gasteiger partial charge in [-0.3, -0.25) is 14.4 Å². The molecule has 0 fully saturated rings. The fourth-order valence-electron chi connectivity index (χ4n) is 4.10. The van der Waals surface area contributed by atoms with Gasteiger partial charge in [0.1, 0.15) is 5.70 Å². The van der Waals surface area contributed by atoms with Crippen LogP contribution < -0.4 is 16.0 Å². The summed E-state index contributed by atoms with van der Waals surface area (Å²) in [5.74, 6) is -1.05. The molecule has 0 aliphatic rings. The number of carbonyl (C=O) groups is 3. The molecule has 0 radical (unpaired) electrons. The highest BCUT2D eigenvalue weighted by atomic mass is 35.5. The average molecular weight is 694 g/mol. The second kappa shape index (κ2) is 15.4. The van der Waals surface area contributed by atoms with Gasteiger partial charge in [-0.05, 0) is 77.4 Å². The van der Waals surface area contributed by atoms with Crippen LogP contribution in [0.15, 0.2) is 106 Å². The number of hydrogen-bond donors (Lipinski definition) is 3. The van der Waals surface area contributed by atoms with E-state index in [2.05, 4.69) is 20.9 Å². The van der Waals surface area contributed by atoms with Crippen LogP contribution in [0.5, 0.6) is 0 Å². The van der Waals surface area contributed by atoms with Gasteiger partial charge < -0.3 is 16.0 Å². The first-order valence-corrected chi connectivity index (χ1v) is 17.1. The number of anilines is 2. The maximum absolute atomic E-state index is 13.4. The summed E-state index contributed by atoms with van der Waals surface area (Å²) < 4.78 is 0. The first kappa shape index (κ1) is 32.5. The molecular formula is C33H26Cl2N4O3S3. The molecule has 0 spiro atoms. The molecule has 0 saturated carbocycles. The highest BCUT2D eigenvalue weighted by molar-refractivity contribution is 8.00. The van der Waals surface area contributed by atoms with Crippen LogP contribution in [-0.2, 0) is 9.59 Å². The Morgan fingerprint density at radius 1 is 0.933 bits per heavy atom. The van der Waals surface area contributed by atoms with Crippen LogP contribution in [0.25, 0.3) is 17.3 Å². The van der Waals surface area contributed by atoms with E-state index in [0.717, 1.165) is 16.0 Å². The smallest absolute Gasteiger partial charge is 0.272 e. The fourth-order valence-corrected chi connectivity index (χ4v) is 6.76. The van der Waals surface area contributed by atoms with Crippen LogP contribution in [-0.4, -0.2) is 28.0 Å². The average Bonchev–Trinajstić information content (AvgIpc) is 3.74. The Morgan fingerprint density at radius 2 is 1.76 bits per heavy atom. The van der Waals surface area contributed by atoms with Crippen molar-refractivity contribution in [1.82, 2.24) is 10.3 Å². The van der Waals surface area contributed by atoms with E-state index in [0.29, 0.717) is 38.5 Å². The summed E-state index contributed by atoms with van der Waals surface area (Å²) >= 11 is 16.4. The van der Waals surface area contributed by atoms with Crippen molar-refractivity contribution >= 4 is 92.3 Å². The van der Waals surface area contributed by atoms with Crippen LogP contribution in [0, 0.1) is 0 Å². The monoisotopic (exact) mass is 692 g/mol. The Hall–Kier alpha value is -3.93. The van der Waals surface area contributed by atoms with Gasteiger partial charge in [-0.15, -0.1) is 23.1 Å². The van der Waals surface area contributed by atoms with E-state index in [1.165, 1.54) is 34.4 Å². The van der Waals surface area contributed by atoms with Gasteiger partial charge in [-0.1, -0.05) is 60.5 Å². The van der Waals surface area contributed by atoms with E-state index in [9.17, 15) is 14.4 Å². The first-order valence-electron chi connectivity index (χ1n) is 13.7. The minimum absolute atomic E-state index is 0.106. The molecule has 3 N–H and O–H groups in total. The van der Waals surface area contributed by atoms with Crippen LogP contribution in [0.2, 0.25) is 10.0 Å². The van der Waals surface area contributed by atoms with E-state index in [1.807, 2.05) is 47.3 Å². The number of thiophene rings is 1. The third-order valence-corrected chi connectivity index (χ3v) is 9.92. The number of amides is 3. The SMILES string of the molecule is CCC(Sc1cccc(NC(=O)/C(=C/c2ccsc2)NC(=O)c2ccccc2)c1)C(=O)Nc1nc(-c2ccc(Cl)c(Cl)c2)cs1. The van der Waals surface area contributed by atoms with Crippen molar-refractivity contribution in [3.05, 3.63) is 122 Å². The van der Waals surface area contributed by atoms with Crippen molar-refractivity contribution in [3.63, 3.8) is 0 Å². The van der Waals surface area contributed by atoms with Crippen molar-refractivity contribution in [1.29, 1.82) is 0 Å². The zero-order valence-corrected chi connectivity index (χ0v) is 27.7. The third kappa shape index (κ3) is 8.84. The number of nitrogens with one attached hydrogen (secondary N) is 3. The molecule has 12 heteroatoms. The normalized spacial score (nSPS) is 11.9. The maximum atomic E-state index is 13.4. The molecule has 7 nitrogen and oxygen atoms in total. The molecule has 1 atom stereocenters. The van der Waals surface area contributed by atoms with E-state index in [4.69, 9.17) is 23.2 Å². The summed E-state index contributed by atoms with van der Waals surface area (Å²) in [6.07, 6.45) is 2.20. The summed E-state index contributed by atoms with van der Waals surface area (Å²) in [7, 11) is 0. The number of rotatable bonds is 11. The Balaban J connectivity index is 1.25. The Kier molecular flexibility index (Phi) is 11.1. The number of aromatic nitrogens is 1. The molecule has 0 aliphatic heterocycles. The molecule has 3 amide bonds. The highest BCUT2D eigenvalue weighted by Crippen LogP contribution is 2.32. The minimum Gasteiger partial charge on any atom is -0.321 e. The number of thioether (sulfide) groups is 1. The van der Waals surface area contributed by atoms with Crippen molar-refractivity contribution < 1.29 is 14.4 Å². The van der Waals surface area contributed by atoms with Gasteiger partial charge in [-0.25, -0.2) is 4.98 Å². The molecule has 5 aromatic rings. The Labute approximate surface area is 282 Å². The van der Waals surface area contributed by atoms with E-state index < -0.39 is 17.1 Å². The molecule has 0 bridgehead atoms. The molecular weight excluding hydrogens is 667 g/mol. The van der Waals surface area contributed by atoms with Gasteiger partial charge >= 0.3 is 0 Å². The van der Waals surface area contributed by atoms with E-state index >= 15 is 0 Å². The predicted octanol–water partition coefficient (Wildman–Crippen LogP) is 9.10. The lowest BCUT2D eigenvalue weighted by molar-refractivity contribution is -0.116. The number of hydrogen-bond acceptors (Lipinski definition) is 7. The predicted molar refractivity (Wildman–Crippen MR) is 187 cm³/mol. The summed E-state index contributed by atoms with van der Waals surface area (Å²) in [4.78, 5) is 44.8. The Morgan fingerprint density at radius 3 is 2.49 bits per heavy atom. The van der Waals surface area contributed by atoms with Gasteiger partial charge in [0.2, 0.25) is 5.91 Å². The lowest BCUT2D eigenvalue weighted by atomic mass is 10.2. The molecule has 2 heterocycles. The number of nitrogens with zero attached hydrogens (tertiary/aromatic N) is 1. The van der Waals surface area contributed by atoms with Crippen molar-refractivity contribution in [2.24, 2.45) is 0 Å². The fraction of sp³-hybridized carbons (Fsp3) is 0.0909. The summed E-state index contributed by atoms with van der Waals surface area (Å²) in [6.45, 7) is 1.93. The number of carbonyl (C=O) groups excluding carboxylic acids is 3. The topological polar surface area (TPSA) is 100 Å². The second-order valence-corrected chi connectivity index (χ2v) is 13.3. The summed E-state index contributed by atoms with van der Waals surface area (Å²) in [5.41, 5.74) is 3.35. The lowest BCUT2D eigenvalue weighted by Crippen LogP contribution is -2.30. The third-order valence-electron chi connectivity index (χ3n) is 6.37. The van der Waals surface area contributed by atoms with Crippen LogP contribution in [0.3, 0.4) is 0 Å². The standard InChI is InChI=1S/C33H26Cl2N4O3S3/c1-2-29(32(42)39-33-38-28(19-44-33)22-11-12-25(34)26(35)16-22)45-24-10-6-9-23(17-24)36-31(41)27(15-20-13-14-43-18-20)37-30(40)21-7-4-3-5-8-21/h3-19,29H,2H2,1H3,(H,36,41)(H,37,40)(H,38,39,42)/b27-15-. The lowest BCUT2D eigenvalue weighted by Gasteiger charge is -2.15. The number of thiazole rings is 1. The first-order chi connectivity index (χ1) is 21.8. The largest absolute Gasteiger partial charge is 0.321 e. The van der Waals surface area contributed by atoms with Gasteiger partial charge in [0.15, 0.2) is 5.13 Å². The zero-order chi connectivity index (χ0) is 31.8. The molecule has 228 valence electrons. The van der Waals surface area contributed by atoms with Crippen LogP contribution in [0.4, 0.5) is 10.8 Å². The molecule has 0 saturated heterocycles. The van der Waals surface area contributed by atoms with E-state index in [1.54, 1.807) is 60.7 Å². The maximum Gasteiger partial charge on any atom is 0.272 e. The molecule has 3 aromatic carbocycles. The van der Waals surface area contributed by atoms with Crippen LogP contribution >= 0.6 is 57.6 Å². The van der Waals surface area contributed by atoms with E-state index in [-0.39, 0.29) is 11.6 Å². The molecule has 45 heavy (non-hydrogen) atoms. The van der Waals surface area contributed by atoms with Crippen molar-refractivity contribution in [2.45, 2.75) is 23.5 Å². The molecule has 2 aromatic heterocycles. The van der Waals surface area contributed by atoms with Crippen molar-refractivity contribution in [2.75, 3.05) is 10.6 Å². The summed E-state index contributed by atoms with van der Waals surface area (Å²) in [5, 5.41) is 15.1. The number of halogens is 2. The molecule has 0 aliphatic carbocycles. The zero-order valence-electron chi connectivity index (χ0n) is 23.8.